The van der Waals surface area contributed by atoms with Gasteiger partial charge in [-0.25, -0.2) is 4.98 Å². The third kappa shape index (κ3) is 2.92. The fourth-order valence-electron chi connectivity index (χ4n) is 3.85. The van der Waals surface area contributed by atoms with Gasteiger partial charge in [-0.1, -0.05) is 78.9 Å². The number of nitrogens with zero attached hydrogens (tertiary/aromatic N) is 2. The largest absolute Gasteiger partial charge is 0.268 e. The molecule has 0 aliphatic carbocycles. The molecule has 1 aromatic heterocycles. The number of aryl methyl sites for hydroxylation is 1. The van der Waals surface area contributed by atoms with Crippen molar-refractivity contribution in [3.8, 4) is 11.4 Å². The number of fused-ring (bicyclic) bond motifs is 2. The smallest absolute Gasteiger partial charge is 0.264 e. The highest BCUT2D eigenvalue weighted by molar-refractivity contribution is 6.06. The molecule has 0 saturated carbocycles. The van der Waals surface area contributed by atoms with E-state index >= 15 is 0 Å². The highest BCUT2D eigenvalue weighted by Crippen LogP contribution is 2.32. The van der Waals surface area contributed by atoms with Crippen LogP contribution in [0.2, 0.25) is 0 Å². The van der Waals surface area contributed by atoms with Crippen LogP contribution in [-0.2, 0) is 0 Å². The Morgan fingerprint density at radius 2 is 1.70 bits per heavy atom. The van der Waals surface area contributed by atoms with E-state index in [4.69, 9.17) is 4.98 Å². The maximum absolute atomic E-state index is 13.7. The standard InChI is InChI=1S/C27H20N2O/c1-3-19-13-16-24-25(17-19)29(27(30)21-14-11-18(2)12-15-21)26(28-24)23-10-6-8-20-7-4-5-9-22(20)23/h3-17H,1H2,2H3. The first-order chi connectivity index (χ1) is 14.7. The van der Waals surface area contributed by atoms with E-state index in [9.17, 15) is 4.79 Å². The molecule has 5 rings (SSSR count). The van der Waals surface area contributed by atoms with Gasteiger partial charge in [0.25, 0.3) is 5.91 Å². The molecule has 3 nitrogen and oxygen atoms in total. The minimum Gasteiger partial charge on any atom is -0.268 e. The van der Waals surface area contributed by atoms with E-state index in [-0.39, 0.29) is 5.91 Å². The molecule has 5 aromatic rings. The second-order valence-electron chi connectivity index (χ2n) is 7.42. The molecule has 4 aromatic carbocycles. The van der Waals surface area contributed by atoms with Crippen molar-refractivity contribution in [2.24, 2.45) is 0 Å². The van der Waals surface area contributed by atoms with Crippen LogP contribution in [0.25, 0.3) is 39.3 Å². The molecule has 0 aliphatic rings. The topological polar surface area (TPSA) is 34.9 Å². The lowest BCUT2D eigenvalue weighted by molar-refractivity contribution is 0.0966. The molecule has 0 saturated heterocycles. The van der Waals surface area contributed by atoms with E-state index < -0.39 is 0 Å². The van der Waals surface area contributed by atoms with Crippen molar-refractivity contribution in [3.05, 3.63) is 108 Å². The SMILES string of the molecule is C=Cc1ccc2nc(-c3cccc4ccccc34)n(C(=O)c3ccc(C)cc3)c2c1. The van der Waals surface area contributed by atoms with Crippen molar-refractivity contribution in [3.63, 3.8) is 0 Å². The van der Waals surface area contributed by atoms with Crippen LogP contribution >= 0.6 is 0 Å². The highest BCUT2D eigenvalue weighted by atomic mass is 16.2. The van der Waals surface area contributed by atoms with Crippen molar-refractivity contribution in [2.45, 2.75) is 6.92 Å². The second-order valence-corrected chi connectivity index (χ2v) is 7.42. The molecule has 0 aliphatic heterocycles. The van der Waals surface area contributed by atoms with E-state index in [1.807, 2.05) is 73.7 Å². The molecular formula is C27H20N2O. The highest BCUT2D eigenvalue weighted by Gasteiger charge is 2.21. The number of rotatable bonds is 3. The summed E-state index contributed by atoms with van der Waals surface area (Å²) in [5, 5.41) is 2.18. The fraction of sp³-hybridized carbons (Fsp3) is 0.0370. The Morgan fingerprint density at radius 3 is 2.50 bits per heavy atom. The van der Waals surface area contributed by atoms with Gasteiger partial charge in [-0.15, -0.1) is 0 Å². The van der Waals surface area contributed by atoms with Crippen molar-refractivity contribution in [1.29, 1.82) is 0 Å². The summed E-state index contributed by atoms with van der Waals surface area (Å²) in [5.74, 6) is 0.551. The Morgan fingerprint density at radius 1 is 0.933 bits per heavy atom. The van der Waals surface area contributed by atoms with Gasteiger partial charge in [0.05, 0.1) is 11.0 Å². The lowest BCUT2D eigenvalue weighted by Gasteiger charge is -2.11. The average molecular weight is 388 g/mol. The van der Waals surface area contributed by atoms with Crippen LogP contribution in [0.1, 0.15) is 21.5 Å². The normalized spacial score (nSPS) is 11.1. The van der Waals surface area contributed by atoms with E-state index in [1.165, 1.54) is 0 Å². The van der Waals surface area contributed by atoms with Gasteiger partial charge >= 0.3 is 0 Å². The lowest BCUT2D eigenvalue weighted by Crippen LogP contribution is -2.13. The average Bonchev–Trinajstić information content (AvgIpc) is 3.17. The summed E-state index contributed by atoms with van der Waals surface area (Å²) >= 11 is 0. The van der Waals surface area contributed by atoms with Crippen molar-refractivity contribution >= 4 is 33.8 Å². The van der Waals surface area contributed by atoms with Crippen molar-refractivity contribution < 1.29 is 4.79 Å². The van der Waals surface area contributed by atoms with Crippen molar-refractivity contribution in [2.75, 3.05) is 0 Å². The molecule has 3 heteroatoms. The van der Waals surface area contributed by atoms with Crippen molar-refractivity contribution in [1.82, 2.24) is 9.55 Å². The fourth-order valence-corrected chi connectivity index (χ4v) is 3.85. The number of benzene rings is 4. The van der Waals surface area contributed by atoms with Gasteiger partial charge in [0.15, 0.2) is 0 Å². The van der Waals surface area contributed by atoms with E-state index in [2.05, 4.69) is 24.8 Å². The van der Waals surface area contributed by atoms with Gasteiger partial charge in [-0.2, -0.15) is 0 Å². The number of hydrogen-bond donors (Lipinski definition) is 0. The Hall–Kier alpha value is -3.98. The Kier molecular flexibility index (Phi) is 4.29. The zero-order valence-electron chi connectivity index (χ0n) is 16.7. The summed E-state index contributed by atoms with van der Waals surface area (Å²) in [5.41, 5.74) is 5.19. The van der Waals surface area contributed by atoms with Crippen LogP contribution in [0.4, 0.5) is 0 Å². The quantitative estimate of drug-likeness (QED) is 0.354. The number of carbonyl (C=O) groups is 1. The second kappa shape index (κ2) is 7.12. The number of hydrogen-bond acceptors (Lipinski definition) is 2. The molecule has 1 heterocycles. The third-order valence-electron chi connectivity index (χ3n) is 5.45. The predicted octanol–water partition coefficient (Wildman–Crippen LogP) is 6.50. The van der Waals surface area contributed by atoms with Crippen LogP contribution in [0.15, 0.2) is 91.5 Å². The minimum absolute atomic E-state index is 0.0957. The van der Waals surface area contributed by atoms with Gasteiger partial charge in [-0.05, 0) is 47.5 Å². The molecule has 0 N–H and O–H groups in total. The Bertz CT molecular complexity index is 1420. The summed E-state index contributed by atoms with van der Waals surface area (Å²) in [4.78, 5) is 18.5. The van der Waals surface area contributed by atoms with E-state index in [1.54, 1.807) is 10.6 Å². The Labute approximate surface area is 174 Å². The molecule has 0 radical (unpaired) electrons. The summed E-state index contributed by atoms with van der Waals surface area (Å²) in [6.45, 7) is 5.88. The molecule has 0 atom stereocenters. The summed E-state index contributed by atoms with van der Waals surface area (Å²) in [6.07, 6.45) is 1.78. The van der Waals surface area contributed by atoms with Crippen LogP contribution < -0.4 is 0 Å². The first-order valence-corrected chi connectivity index (χ1v) is 9.90. The van der Waals surface area contributed by atoms with Crippen LogP contribution in [0.5, 0.6) is 0 Å². The zero-order chi connectivity index (χ0) is 20.7. The Balaban J connectivity index is 1.84. The maximum atomic E-state index is 13.7. The molecule has 0 unspecified atom stereocenters. The number of carbonyl (C=O) groups excluding carboxylic acids is 1. The molecule has 0 bridgehead atoms. The summed E-state index contributed by atoms with van der Waals surface area (Å²) in [7, 11) is 0. The van der Waals surface area contributed by atoms with E-state index in [0.29, 0.717) is 11.4 Å². The van der Waals surface area contributed by atoms with Crippen LogP contribution in [-0.4, -0.2) is 15.5 Å². The van der Waals surface area contributed by atoms with Crippen LogP contribution in [0.3, 0.4) is 0 Å². The first kappa shape index (κ1) is 18.1. The maximum Gasteiger partial charge on any atom is 0.264 e. The number of imidazole rings is 1. The van der Waals surface area contributed by atoms with Gasteiger partial charge in [0.2, 0.25) is 0 Å². The molecule has 0 spiro atoms. The molecule has 0 amide bonds. The van der Waals surface area contributed by atoms with Gasteiger partial charge in [0.1, 0.15) is 5.82 Å². The lowest BCUT2D eigenvalue weighted by atomic mass is 10.0. The first-order valence-electron chi connectivity index (χ1n) is 9.90. The molecule has 144 valence electrons. The third-order valence-corrected chi connectivity index (χ3v) is 5.45. The minimum atomic E-state index is -0.0957. The molecule has 30 heavy (non-hydrogen) atoms. The molecule has 0 fully saturated rings. The van der Waals surface area contributed by atoms with Gasteiger partial charge in [0, 0.05) is 11.1 Å². The summed E-state index contributed by atoms with van der Waals surface area (Å²) in [6, 6.07) is 27.8. The monoisotopic (exact) mass is 388 g/mol. The summed E-state index contributed by atoms with van der Waals surface area (Å²) < 4.78 is 1.73. The van der Waals surface area contributed by atoms with E-state index in [0.717, 1.165) is 38.5 Å². The molecular weight excluding hydrogens is 368 g/mol. The van der Waals surface area contributed by atoms with Gasteiger partial charge in [-0.3, -0.25) is 9.36 Å². The van der Waals surface area contributed by atoms with Gasteiger partial charge < -0.3 is 0 Å². The number of aromatic nitrogens is 2. The predicted molar refractivity (Wildman–Crippen MR) is 124 cm³/mol. The zero-order valence-corrected chi connectivity index (χ0v) is 16.7. The van der Waals surface area contributed by atoms with Crippen LogP contribution in [0, 0.1) is 6.92 Å².